The summed E-state index contributed by atoms with van der Waals surface area (Å²) in [6.45, 7) is 2.63. The van der Waals surface area contributed by atoms with Gasteiger partial charge in [-0.1, -0.05) is 29.8 Å². The van der Waals surface area contributed by atoms with Crippen LogP contribution in [0.3, 0.4) is 0 Å². The first-order valence-corrected chi connectivity index (χ1v) is 8.83. The number of rotatable bonds is 4. The van der Waals surface area contributed by atoms with Crippen molar-refractivity contribution in [3.05, 3.63) is 59.1 Å². The van der Waals surface area contributed by atoms with Crippen LogP contribution >= 0.6 is 11.6 Å². The molecule has 3 N–H and O–H groups in total. The highest BCUT2D eigenvalue weighted by Crippen LogP contribution is 2.20. The van der Waals surface area contributed by atoms with E-state index < -0.39 is 0 Å². The molecule has 0 aliphatic carbocycles. The number of halogens is 1. The Morgan fingerprint density at radius 3 is 2.46 bits per heavy atom. The van der Waals surface area contributed by atoms with Crippen LogP contribution in [0.5, 0.6) is 0 Å². The second-order valence-corrected chi connectivity index (χ2v) is 6.55. The number of nitrogens with two attached hydrogens (primary N) is 1. The second-order valence-electron chi connectivity index (χ2n) is 6.12. The number of nitrogen functional groups attached to an aromatic ring is 1. The lowest BCUT2D eigenvalue weighted by Crippen LogP contribution is -2.51. The fourth-order valence-electron chi connectivity index (χ4n) is 2.95. The van der Waals surface area contributed by atoms with Gasteiger partial charge in [-0.25, -0.2) is 0 Å². The number of anilines is 2. The number of carbonyl (C=O) groups is 2. The Hall–Kier alpha value is -2.73. The molecular formula is C19H21ClN4O2. The Bertz CT molecular complexity index is 804. The molecule has 6 nitrogen and oxygen atoms in total. The van der Waals surface area contributed by atoms with E-state index in [9.17, 15) is 9.59 Å². The van der Waals surface area contributed by atoms with Gasteiger partial charge in [-0.3, -0.25) is 9.59 Å². The number of para-hydroxylation sites is 1. The lowest BCUT2D eigenvalue weighted by atomic mass is 10.1. The third-order valence-electron chi connectivity index (χ3n) is 4.41. The molecule has 2 amide bonds. The van der Waals surface area contributed by atoms with Crippen molar-refractivity contribution in [3.63, 3.8) is 0 Å². The summed E-state index contributed by atoms with van der Waals surface area (Å²) >= 11 is 6.04. The van der Waals surface area contributed by atoms with Crippen LogP contribution in [0.2, 0.25) is 5.02 Å². The number of nitrogens with one attached hydrogen (secondary N) is 1. The van der Waals surface area contributed by atoms with Gasteiger partial charge in [0.1, 0.15) is 0 Å². The number of hydrogen-bond donors (Lipinski definition) is 2. The molecule has 136 valence electrons. The molecule has 0 atom stereocenters. The standard InChI is InChI=1S/C19H21ClN4O2/c20-14-4-3-5-15(12-14)23-8-10-24(11-9-23)18(25)13-22-19(26)16-6-1-2-7-17(16)21/h1-7,12H,8-11,13,21H2,(H,22,26). The summed E-state index contributed by atoms with van der Waals surface area (Å²) < 4.78 is 0. The van der Waals surface area contributed by atoms with Crippen LogP contribution < -0.4 is 16.0 Å². The molecule has 0 unspecified atom stereocenters. The lowest BCUT2D eigenvalue weighted by Gasteiger charge is -2.36. The van der Waals surface area contributed by atoms with Gasteiger partial charge in [0.15, 0.2) is 0 Å². The van der Waals surface area contributed by atoms with Gasteiger partial charge in [-0.2, -0.15) is 0 Å². The molecule has 0 bridgehead atoms. The van der Waals surface area contributed by atoms with Gasteiger partial charge in [-0.05, 0) is 30.3 Å². The molecule has 3 rings (SSSR count). The van der Waals surface area contributed by atoms with Gasteiger partial charge in [0, 0.05) is 42.6 Å². The number of amides is 2. The quantitative estimate of drug-likeness (QED) is 0.804. The SMILES string of the molecule is Nc1ccccc1C(=O)NCC(=O)N1CCN(c2cccc(Cl)c2)CC1. The molecule has 1 aliphatic rings. The molecule has 1 heterocycles. The van der Waals surface area contributed by atoms with Gasteiger partial charge < -0.3 is 20.9 Å². The summed E-state index contributed by atoms with van der Waals surface area (Å²) in [5, 5.41) is 3.34. The molecule has 2 aromatic carbocycles. The van der Waals surface area contributed by atoms with Gasteiger partial charge in [0.25, 0.3) is 5.91 Å². The van der Waals surface area contributed by atoms with Crippen molar-refractivity contribution in [1.82, 2.24) is 10.2 Å². The van der Waals surface area contributed by atoms with E-state index in [1.54, 1.807) is 29.2 Å². The first kappa shape index (κ1) is 18.1. The maximum Gasteiger partial charge on any atom is 0.253 e. The lowest BCUT2D eigenvalue weighted by molar-refractivity contribution is -0.130. The summed E-state index contributed by atoms with van der Waals surface area (Å²) in [5.74, 6) is -0.437. The Labute approximate surface area is 157 Å². The Balaban J connectivity index is 1.49. The summed E-state index contributed by atoms with van der Waals surface area (Å²) in [7, 11) is 0. The molecule has 1 saturated heterocycles. The van der Waals surface area contributed by atoms with Crippen molar-refractivity contribution < 1.29 is 9.59 Å². The number of piperazine rings is 1. The minimum atomic E-state index is -0.339. The Morgan fingerprint density at radius 1 is 1.04 bits per heavy atom. The van der Waals surface area contributed by atoms with Crippen LogP contribution in [0.15, 0.2) is 48.5 Å². The zero-order chi connectivity index (χ0) is 18.5. The van der Waals surface area contributed by atoms with Crippen molar-refractivity contribution in [2.45, 2.75) is 0 Å². The van der Waals surface area contributed by atoms with E-state index in [-0.39, 0.29) is 18.4 Å². The molecule has 26 heavy (non-hydrogen) atoms. The predicted molar refractivity (Wildman–Crippen MR) is 103 cm³/mol. The van der Waals surface area contributed by atoms with Crippen LogP contribution in [0.25, 0.3) is 0 Å². The molecule has 0 spiro atoms. The van der Waals surface area contributed by atoms with E-state index in [1.807, 2.05) is 24.3 Å². The van der Waals surface area contributed by atoms with Gasteiger partial charge in [0.2, 0.25) is 5.91 Å². The van der Waals surface area contributed by atoms with E-state index in [0.717, 1.165) is 18.8 Å². The number of nitrogens with zero attached hydrogens (tertiary/aromatic N) is 2. The normalized spacial score (nSPS) is 14.2. The highest BCUT2D eigenvalue weighted by Gasteiger charge is 2.22. The zero-order valence-corrected chi connectivity index (χ0v) is 15.1. The van der Waals surface area contributed by atoms with E-state index >= 15 is 0 Å². The molecular weight excluding hydrogens is 352 g/mol. The van der Waals surface area contributed by atoms with Crippen molar-refractivity contribution in [2.75, 3.05) is 43.4 Å². The third-order valence-corrected chi connectivity index (χ3v) is 4.65. The maximum absolute atomic E-state index is 12.4. The van der Waals surface area contributed by atoms with Crippen LogP contribution in [-0.4, -0.2) is 49.4 Å². The summed E-state index contributed by atoms with van der Waals surface area (Å²) in [6.07, 6.45) is 0. The molecule has 7 heteroatoms. The monoisotopic (exact) mass is 372 g/mol. The fourth-order valence-corrected chi connectivity index (χ4v) is 3.14. The van der Waals surface area contributed by atoms with Crippen molar-refractivity contribution >= 4 is 34.8 Å². The van der Waals surface area contributed by atoms with Crippen LogP contribution in [0.4, 0.5) is 11.4 Å². The van der Waals surface area contributed by atoms with Gasteiger partial charge in [-0.15, -0.1) is 0 Å². The predicted octanol–water partition coefficient (Wildman–Crippen LogP) is 2.00. The first-order chi connectivity index (χ1) is 12.5. The van der Waals surface area contributed by atoms with Crippen LogP contribution in [0.1, 0.15) is 10.4 Å². The van der Waals surface area contributed by atoms with E-state index in [1.165, 1.54) is 0 Å². The molecule has 0 saturated carbocycles. The van der Waals surface area contributed by atoms with Gasteiger partial charge in [0.05, 0.1) is 12.1 Å². The van der Waals surface area contributed by atoms with Crippen LogP contribution in [0, 0.1) is 0 Å². The highest BCUT2D eigenvalue weighted by atomic mass is 35.5. The molecule has 1 fully saturated rings. The summed E-state index contributed by atoms with van der Waals surface area (Å²) in [4.78, 5) is 28.4. The first-order valence-electron chi connectivity index (χ1n) is 8.45. The Morgan fingerprint density at radius 2 is 1.77 bits per heavy atom. The van der Waals surface area contributed by atoms with E-state index in [4.69, 9.17) is 17.3 Å². The number of hydrogen-bond acceptors (Lipinski definition) is 4. The Kier molecular flexibility index (Phi) is 5.63. The minimum absolute atomic E-state index is 0.0374. The molecule has 0 radical (unpaired) electrons. The summed E-state index contributed by atoms with van der Waals surface area (Å²) in [5.41, 5.74) is 7.61. The smallest absolute Gasteiger partial charge is 0.253 e. The van der Waals surface area contributed by atoms with Crippen molar-refractivity contribution in [3.8, 4) is 0 Å². The van der Waals surface area contributed by atoms with Crippen LogP contribution in [-0.2, 0) is 4.79 Å². The number of benzene rings is 2. The molecule has 2 aromatic rings. The van der Waals surface area contributed by atoms with E-state index in [0.29, 0.717) is 29.4 Å². The second kappa shape index (κ2) is 8.10. The number of carbonyl (C=O) groups excluding carboxylic acids is 2. The third kappa shape index (κ3) is 4.26. The fraction of sp³-hybridized carbons (Fsp3) is 0.263. The summed E-state index contributed by atoms with van der Waals surface area (Å²) in [6, 6.07) is 14.5. The average Bonchev–Trinajstić information content (AvgIpc) is 2.66. The van der Waals surface area contributed by atoms with Gasteiger partial charge >= 0.3 is 0 Å². The topological polar surface area (TPSA) is 78.7 Å². The molecule has 1 aliphatic heterocycles. The minimum Gasteiger partial charge on any atom is -0.398 e. The largest absolute Gasteiger partial charge is 0.398 e. The average molecular weight is 373 g/mol. The molecule has 0 aromatic heterocycles. The van der Waals surface area contributed by atoms with Crippen molar-refractivity contribution in [1.29, 1.82) is 0 Å². The zero-order valence-electron chi connectivity index (χ0n) is 14.3. The highest BCUT2D eigenvalue weighted by molar-refractivity contribution is 6.30. The maximum atomic E-state index is 12.4. The van der Waals surface area contributed by atoms with Crippen molar-refractivity contribution in [2.24, 2.45) is 0 Å². The van der Waals surface area contributed by atoms with E-state index in [2.05, 4.69) is 10.2 Å².